The first-order valence-corrected chi connectivity index (χ1v) is 5.06. The van der Waals surface area contributed by atoms with Crippen LogP contribution in [0.1, 0.15) is 6.92 Å². The van der Waals surface area contributed by atoms with Crippen LogP contribution in [0.4, 0.5) is 0 Å². The molecule has 0 N–H and O–H groups in total. The maximum absolute atomic E-state index is 10.6. The van der Waals surface area contributed by atoms with Gasteiger partial charge >= 0.3 is 0 Å². The van der Waals surface area contributed by atoms with E-state index in [2.05, 4.69) is 25.9 Å². The minimum absolute atomic E-state index is 0.131. The third-order valence-corrected chi connectivity index (χ3v) is 2.43. The first kappa shape index (κ1) is 9.67. The van der Waals surface area contributed by atoms with E-state index in [1.54, 1.807) is 19.3 Å². The van der Waals surface area contributed by atoms with E-state index in [9.17, 15) is 4.79 Å². The number of thioether (sulfide) groups is 1. The van der Waals surface area contributed by atoms with E-state index in [1.807, 2.05) is 0 Å². The Morgan fingerprint density at radius 1 is 1.58 bits per heavy atom. The summed E-state index contributed by atoms with van der Waals surface area (Å²) in [6.07, 6.45) is 3.32. The lowest BCUT2D eigenvalue weighted by Crippen LogP contribution is -1.95. The minimum Gasteiger partial charge on any atom is -0.299 e. The molecule has 0 amide bonds. The van der Waals surface area contributed by atoms with Gasteiger partial charge < -0.3 is 0 Å². The van der Waals surface area contributed by atoms with E-state index in [0.717, 1.165) is 4.47 Å². The van der Waals surface area contributed by atoms with Crippen molar-refractivity contribution in [3.8, 4) is 0 Å². The van der Waals surface area contributed by atoms with E-state index in [-0.39, 0.29) is 5.78 Å². The second-order valence-corrected chi connectivity index (χ2v) is 4.03. The van der Waals surface area contributed by atoms with Crippen LogP contribution in [0.25, 0.3) is 0 Å². The monoisotopic (exact) mass is 246 g/mol. The summed E-state index contributed by atoms with van der Waals surface area (Å²) in [5.41, 5.74) is 0. The van der Waals surface area contributed by atoms with Gasteiger partial charge in [0.15, 0.2) is 5.16 Å². The molecule has 1 rings (SSSR count). The molecule has 0 radical (unpaired) electrons. The van der Waals surface area contributed by atoms with Crippen molar-refractivity contribution < 1.29 is 4.79 Å². The zero-order valence-electron chi connectivity index (χ0n) is 6.45. The molecular formula is C7H7BrN2OS. The Hall–Kier alpha value is -0.420. The molecule has 1 aromatic heterocycles. The Labute approximate surface area is 83.1 Å². The molecule has 0 spiro atoms. The highest BCUT2D eigenvalue weighted by atomic mass is 79.9. The molecule has 0 fully saturated rings. The van der Waals surface area contributed by atoms with Gasteiger partial charge in [0.2, 0.25) is 0 Å². The first-order chi connectivity index (χ1) is 5.68. The van der Waals surface area contributed by atoms with Crippen molar-refractivity contribution in [2.45, 2.75) is 12.1 Å². The first-order valence-electron chi connectivity index (χ1n) is 3.28. The van der Waals surface area contributed by atoms with Crippen LogP contribution in [0.3, 0.4) is 0 Å². The van der Waals surface area contributed by atoms with Gasteiger partial charge in [0.25, 0.3) is 0 Å². The number of carbonyl (C=O) groups is 1. The smallest absolute Gasteiger partial charge is 0.187 e. The van der Waals surface area contributed by atoms with Crippen LogP contribution in [0, 0.1) is 0 Å². The van der Waals surface area contributed by atoms with Gasteiger partial charge in [0.1, 0.15) is 5.78 Å². The number of rotatable bonds is 3. The van der Waals surface area contributed by atoms with Gasteiger partial charge in [0, 0.05) is 12.4 Å². The molecule has 3 nitrogen and oxygen atoms in total. The fourth-order valence-electron chi connectivity index (χ4n) is 0.541. The standard InChI is InChI=1S/C7H7BrN2OS/c1-5(11)4-12-7-9-2-6(8)3-10-7/h2-3H,4H2,1H3. The lowest BCUT2D eigenvalue weighted by atomic mass is 10.5. The summed E-state index contributed by atoms with van der Waals surface area (Å²) in [5.74, 6) is 0.563. The van der Waals surface area contributed by atoms with Crippen LogP contribution in [0.5, 0.6) is 0 Å². The molecular weight excluding hydrogens is 240 g/mol. The zero-order chi connectivity index (χ0) is 8.97. The van der Waals surface area contributed by atoms with Gasteiger partial charge in [-0.3, -0.25) is 4.79 Å². The maximum atomic E-state index is 10.6. The number of Topliss-reactive ketones (excluding diaryl/α,β-unsaturated/α-hetero) is 1. The third kappa shape index (κ3) is 3.32. The fourth-order valence-corrected chi connectivity index (χ4v) is 1.33. The quantitative estimate of drug-likeness (QED) is 0.604. The van der Waals surface area contributed by atoms with Crippen LogP contribution in [-0.4, -0.2) is 21.5 Å². The summed E-state index contributed by atoms with van der Waals surface area (Å²) in [5, 5.41) is 0.633. The predicted molar refractivity (Wildman–Crippen MR) is 51.1 cm³/mol. The van der Waals surface area contributed by atoms with E-state index in [0.29, 0.717) is 10.9 Å². The minimum atomic E-state index is 0.131. The van der Waals surface area contributed by atoms with Gasteiger partial charge in [-0.25, -0.2) is 9.97 Å². The van der Waals surface area contributed by atoms with Crippen molar-refractivity contribution in [2.24, 2.45) is 0 Å². The number of hydrogen-bond donors (Lipinski definition) is 0. The van der Waals surface area contributed by atoms with Crippen LogP contribution >= 0.6 is 27.7 Å². The van der Waals surface area contributed by atoms with Crippen molar-refractivity contribution in [1.82, 2.24) is 9.97 Å². The molecule has 1 heterocycles. The van der Waals surface area contributed by atoms with Gasteiger partial charge in [-0.1, -0.05) is 11.8 Å². The highest BCUT2D eigenvalue weighted by molar-refractivity contribution is 9.10. The summed E-state index contributed by atoms with van der Waals surface area (Å²) in [4.78, 5) is 18.6. The largest absolute Gasteiger partial charge is 0.299 e. The van der Waals surface area contributed by atoms with E-state index >= 15 is 0 Å². The van der Waals surface area contributed by atoms with Gasteiger partial charge in [-0.15, -0.1) is 0 Å². The van der Waals surface area contributed by atoms with Crippen molar-refractivity contribution in [3.63, 3.8) is 0 Å². The van der Waals surface area contributed by atoms with E-state index in [4.69, 9.17) is 0 Å². The molecule has 0 unspecified atom stereocenters. The predicted octanol–water partition coefficient (Wildman–Crippen LogP) is 1.92. The van der Waals surface area contributed by atoms with Crippen molar-refractivity contribution in [3.05, 3.63) is 16.9 Å². The topological polar surface area (TPSA) is 42.9 Å². The molecule has 0 aromatic carbocycles. The summed E-state index contributed by atoms with van der Waals surface area (Å²) in [6, 6.07) is 0. The summed E-state index contributed by atoms with van der Waals surface area (Å²) < 4.78 is 0.842. The fraction of sp³-hybridized carbons (Fsp3) is 0.286. The molecule has 64 valence electrons. The Bertz CT molecular complexity index is 275. The molecule has 0 bridgehead atoms. The molecule has 0 aliphatic carbocycles. The van der Waals surface area contributed by atoms with E-state index in [1.165, 1.54) is 11.8 Å². The highest BCUT2D eigenvalue weighted by Crippen LogP contribution is 2.13. The summed E-state index contributed by atoms with van der Waals surface area (Å²) in [7, 11) is 0. The lowest BCUT2D eigenvalue weighted by Gasteiger charge is -1.95. The third-order valence-electron chi connectivity index (χ3n) is 1.00. The molecule has 5 heteroatoms. The van der Waals surface area contributed by atoms with Crippen LogP contribution in [0.2, 0.25) is 0 Å². The van der Waals surface area contributed by atoms with Crippen LogP contribution in [-0.2, 0) is 4.79 Å². The van der Waals surface area contributed by atoms with Gasteiger partial charge in [0.05, 0.1) is 10.2 Å². The molecule has 0 aliphatic rings. The molecule has 0 aliphatic heterocycles. The van der Waals surface area contributed by atoms with Gasteiger partial charge in [-0.2, -0.15) is 0 Å². The number of ketones is 1. The molecule has 12 heavy (non-hydrogen) atoms. The number of aromatic nitrogens is 2. The number of hydrogen-bond acceptors (Lipinski definition) is 4. The molecule has 1 aromatic rings. The molecule has 0 saturated carbocycles. The lowest BCUT2D eigenvalue weighted by molar-refractivity contribution is -0.114. The number of carbonyl (C=O) groups excluding carboxylic acids is 1. The number of halogens is 1. The Morgan fingerprint density at radius 2 is 2.17 bits per heavy atom. The maximum Gasteiger partial charge on any atom is 0.187 e. The normalized spacial score (nSPS) is 9.83. The second kappa shape index (κ2) is 4.57. The van der Waals surface area contributed by atoms with Crippen molar-refractivity contribution >= 4 is 33.5 Å². The van der Waals surface area contributed by atoms with E-state index < -0.39 is 0 Å². The average molecular weight is 247 g/mol. The Kier molecular flexibility index (Phi) is 3.68. The van der Waals surface area contributed by atoms with Crippen LogP contribution in [0.15, 0.2) is 22.0 Å². The summed E-state index contributed by atoms with van der Waals surface area (Å²) in [6.45, 7) is 1.55. The Morgan fingerprint density at radius 3 is 2.67 bits per heavy atom. The highest BCUT2D eigenvalue weighted by Gasteiger charge is 1.99. The summed E-state index contributed by atoms with van der Waals surface area (Å²) >= 11 is 4.57. The Balaban J connectivity index is 2.53. The second-order valence-electron chi connectivity index (χ2n) is 2.17. The SMILES string of the molecule is CC(=O)CSc1ncc(Br)cn1. The van der Waals surface area contributed by atoms with Gasteiger partial charge in [-0.05, 0) is 22.9 Å². The van der Waals surface area contributed by atoms with Crippen molar-refractivity contribution in [1.29, 1.82) is 0 Å². The zero-order valence-corrected chi connectivity index (χ0v) is 8.85. The average Bonchev–Trinajstić information content (AvgIpc) is 2.03. The number of nitrogens with zero attached hydrogens (tertiary/aromatic N) is 2. The molecule has 0 saturated heterocycles. The van der Waals surface area contributed by atoms with Crippen molar-refractivity contribution in [2.75, 3.05) is 5.75 Å². The molecule has 0 atom stereocenters. The van der Waals surface area contributed by atoms with Crippen LogP contribution < -0.4 is 0 Å².